The van der Waals surface area contributed by atoms with Gasteiger partial charge in [-0.2, -0.15) is 0 Å². The quantitative estimate of drug-likeness (QED) is 0.781. The maximum absolute atomic E-state index is 11.5. The first kappa shape index (κ1) is 10.3. The van der Waals surface area contributed by atoms with Crippen molar-refractivity contribution in [3.8, 4) is 11.4 Å². The summed E-state index contributed by atoms with van der Waals surface area (Å²) in [5.41, 5.74) is 1.40. The van der Waals surface area contributed by atoms with Crippen LogP contribution in [0.1, 0.15) is 10.4 Å². The second-order valence-corrected chi connectivity index (χ2v) is 3.29. The largest absolute Gasteiger partial charge is 0.355 e. The number of benzene rings is 1. The molecule has 0 fully saturated rings. The van der Waals surface area contributed by atoms with Gasteiger partial charge in [-0.1, -0.05) is 12.1 Å². The molecule has 0 aliphatic heterocycles. The zero-order chi connectivity index (χ0) is 11.5. The summed E-state index contributed by atoms with van der Waals surface area (Å²) in [7, 11) is 3.35. The first-order chi connectivity index (χ1) is 7.72. The molecule has 1 N–H and O–H groups in total. The second kappa shape index (κ2) is 4.09. The van der Waals surface area contributed by atoms with Gasteiger partial charge in [-0.05, 0) is 22.6 Å². The molecule has 16 heavy (non-hydrogen) atoms. The predicted molar refractivity (Wildman–Crippen MR) is 57.6 cm³/mol. The SMILES string of the molecule is CNC(=O)c1cccc(-c2nnnn2C)c1. The number of tetrazole rings is 1. The number of hydrogen-bond donors (Lipinski definition) is 1. The van der Waals surface area contributed by atoms with Crippen molar-refractivity contribution in [2.45, 2.75) is 0 Å². The van der Waals surface area contributed by atoms with Gasteiger partial charge in [0, 0.05) is 25.2 Å². The number of hydrogen-bond acceptors (Lipinski definition) is 4. The summed E-state index contributed by atoms with van der Waals surface area (Å²) >= 11 is 0. The Morgan fingerprint density at radius 1 is 1.44 bits per heavy atom. The van der Waals surface area contributed by atoms with Crippen molar-refractivity contribution in [3.63, 3.8) is 0 Å². The normalized spacial score (nSPS) is 10.1. The van der Waals surface area contributed by atoms with Crippen molar-refractivity contribution < 1.29 is 4.79 Å². The lowest BCUT2D eigenvalue weighted by Gasteiger charge is -2.02. The molecule has 82 valence electrons. The number of carbonyl (C=O) groups excluding carboxylic acids is 1. The van der Waals surface area contributed by atoms with Crippen LogP contribution in [0.2, 0.25) is 0 Å². The minimum atomic E-state index is -0.128. The Hall–Kier alpha value is -2.24. The molecule has 0 unspecified atom stereocenters. The van der Waals surface area contributed by atoms with Gasteiger partial charge in [-0.3, -0.25) is 4.79 Å². The van der Waals surface area contributed by atoms with Crippen LogP contribution in [0.3, 0.4) is 0 Å². The van der Waals surface area contributed by atoms with Crippen molar-refractivity contribution >= 4 is 5.91 Å². The average Bonchev–Trinajstić information content (AvgIpc) is 2.74. The molecule has 1 aromatic carbocycles. The molecule has 0 saturated carbocycles. The summed E-state index contributed by atoms with van der Waals surface area (Å²) < 4.78 is 1.56. The summed E-state index contributed by atoms with van der Waals surface area (Å²) in [6.07, 6.45) is 0. The van der Waals surface area contributed by atoms with Crippen LogP contribution in [0.25, 0.3) is 11.4 Å². The fraction of sp³-hybridized carbons (Fsp3) is 0.200. The molecule has 0 spiro atoms. The molecule has 0 bridgehead atoms. The van der Waals surface area contributed by atoms with Gasteiger partial charge in [0.15, 0.2) is 5.82 Å². The second-order valence-electron chi connectivity index (χ2n) is 3.29. The lowest BCUT2D eigenvalue weighted by atomic mass is 10.1. The Bertz CT molecular complexity index is 519. The van der Waals surface area contributed by atoms with E-state index < -0.39 is 0 Å². The summed E-state index contributed by atoms with van der Waals surface area (Å²) in [5.74, 6) is 0.503. The van der Waals surface area contributed by atoms with E-state index in [-0.39, 0.29) is 5.91 Å². The lowest BCUT2D eigenvalue weighted by Crippen LogP contribution is -2.17. The maximum atomic E-state index is 11.5. The molecule has 1 aromatic heterocycles. The van der Waals surface area contributed by atoms with Crippen molar-refractivity contribution in [2.24, 2.45) is 7.05 Å². The first-order valence-corrected chi connectivity index (χ1v) is 4.77. The molecule has 0 aliphatic carbocycles. The van der Waals surface area contributed by atoms with Crippen LogP contribution in [0.4, 0.5) is 0 Å². The lowest BCUT2D eigenvalue weighted by molar-refractivity contribution is 0.0963. The highest BCUT2D eigenvalue weighted by atomic mass is 16.1. The Morgan fingerprint density at radius 2 is 2.25 bits per heavy atom. The van der Waals surface area contributed by atoms with E-state index in [0.29, 0.717) is 11.4 Å². The van der Waals surface area contributed by atoms with Crippen LogP contribution < -0.4 is 5.32 Å². The highest BCUT2D eigenvalue weighted by Crippen LogP contribution is 2.16. The number of rotatable bonds is 2. The minimum Gasteiger partial charge on any atom is -0.355 e. The van der Waals surface area contributed by atoms with Crippen LogP contribution >= 0.6 is 0 Å². The van der Waals surface area contributed by atoms with E-state index in [1.165, 1.54) is 0 Å². The standard InChI is InChI=1S/C10H11N5O/c1-11-10(16)8-5-3-4-7(6-8)9-12-13-14-15(9)2/h3-6H,1-2H3,(H,11,16). The van der Waals surface area contributed by atoms with Gasteiger partial charge in [0.2, 0.25) is 0 Å². The Balaban J connectivity index is 2.44. The number of aromatic nitrogens is 4. The van der Waals surface area contributed by atoms with E-state index in [9.17, 15) is 4.79 Å². The summed E-state index contributed by atoms with van der Waals surface area (Å²) in [6.45, 7) is 0. The Kier molecular flexibility index (Phi) is 2.63. The van der Waals surface area contributed by atoms with E-state index in [1.54, 1.807) is 37.0 Å². The summed E-state index contributed by atoms with van der Waals surface area (Å²) in [5, 5.41) is 13.8. The smallest absolute Gasteiger partial charge is 0.251 e. The number of nitrogens with one attached hydrogen (secondary N) is 1. The molecule has 2 aromatic rings. The summed E-state index contributed by atoms with van der Waals surface area (Å²) in [4.78, 5) is 11.5. The topological polar surface area (TPSA) is 72.7 Å². The van der Waals surface area contributed by atoms with Crippen LogP contribution in [-0.4, -0.2) is 33.2 Å². The number of carbonyl (C=O) groups is 1. The van der Waals surface area contributed by atoms with Crippen LogP contribution in [0.5, 0.6) is 0 Å². The van der Waals surface area contributed by atoms with Crippen molar-refractivity contribution in [1.29, 1.82) is 0 Å². The first-order valence-electron chi connectivity index (χ1n) is 4.77. The molecule has 6 nitrogen and oxygen atoms in total. The van der Waals surface area contributed by atoms with Crippen molar-refractivity contribution in [3.05, 3.63) is 29.8 Å². The molecule has 0 radical (unpaired) electrons. The van der Waals surface area contributed by atoms with Gasteiger partial charge in [0.05, 0.1) is 0 Å². The van der Waals surface area contributed by atoms with Crippen molar-refractivity contribution in [2.75, 3.05) is 7.05 Å². The van der Waals surface area contributed by atoms with E-state index in [4.69, 9.17) is 0 Å². The van der Waals surface area contributed by atoms with E-state index in [0.717, 1.165) is 5.56 Å². The number of amides is 1. The molecule has 2 rings (SSSR count). The molecule has 6 heteroatoms. The highest BCUT2D eigenvalue weighted by molar-refractivity contribution is 5.95. The Labute approximate surface area is 92.3 Å². The average molecular weight is 217 g/mol. The zero-order valence-corrected chi connectivity index (χ0v) is 9.01. The number of aryl methyl sites for hydroxylation is 1. The molecule has 1 heterocycles. The molecular formula is C10H11N5O. The van der Waals surface area contributed by atoms with Gasteiger partial charge >= 0.3 is 0 Å². The third kappa shape index (κ3) is 1.77. The van der Waals surface area contributed by atoms with Gasteiger partial charge in [0.25, 0.3) is 5.91 Å². The van der Waals surface area contributed by atoms with Gasteiger partial charge < -0.3 is 5.32 Å². The highest BCUT2D eigenvalue weighted by Gasteiger charge is 2.08. The van der Waals surface area contributed by atoms with Crippen LogP contribution in [0, 0.1) is 0 Å². The van der Waals surface area contributed by atoms with E-state index >= 15 is 0 Å². The van der Waals surface area contributed by atoms with Crippen LogP contribution in [0.15, 0.2) is 24.3 Å². The third-order valence-electron chi connectivity index (χ3n) is 2.23. The molecule has 0 saturated heterocycles. The fourth-order valence-electron chi connectivity index (χ4n) is 1.42. The molecule has 1 amide bonds. The van der Waals surface area contributed by atoms with E-state index in [1.807, 2.05) is 6.07 Å². The fourth-order valence-corrected chi connectivity index (χ4v) is 1.42. The van der Waals surface area contributed by atoms with E-state index in [2.05, 4.69) is 20.8 Å². The zero-order valence-electron chi connectivity index (χ0n) is 9.01. The third-order valence-corrected chi connectivity index (χ3v) is 2.23. The van der Waals surface area contributed by atoms with Gasteiger partial charge in [0.1, 0.15) is 0 Å². The Morgan fingerprint density at radius 3 is 2.88 bits per heavy atom. The van der Waals surface area contributed by atoms with Crippen LogP contribution in [-0.2, 0) is 7.05 Å². The minimum absolute atomic E-state index is 0.128. The van der Waals surface area contributed by atoms with Gasteiger partial charge in [-0.15, -0.1) is 5.10 Å². The predicted octanol–water partition coefficient (Wildman–Crippen LogP) is 0.237. The molecule has 0 aliphatic rings. The van der Waals surface area contributed by atoms with Crippen molar-refractivity contribution in [1.82, 2.24) is 25.5 Å². The summed E-state index contributed by atoms with van der Waals surface area (Å²) in [6, 6.07) is 7.16. The molecule has 0 atom stereocenters. The van der Waals surface area contributed by atoms with Gasteiger partial charge in [-0.25, -0.2) is 4.68 Å². The molecular weight excluding hydrogens is 206 g/mol. The maximum Gasteiger partial charge on any atom is 0.251 e. The number of nitrogens with zero attached hydrogens (tertiary/aromatic N) is 4. The monoisotopic (exact) mass is 217 g/mol.